The van der Waals surface area contributed by atoms with Crippen LogP contribution in [0, 0.1) is 17.2 Å². The van der Waals surface area contributed by atoms with Gasteiger partial charge in [0.2, 0.25) is 5.91 Å². The first-order chi connectivity index (χ1) is 21.1. The molecule has 0 radical (unpaired) electrons. The molecule has 1 saturated heterocycles. The van der Waals surface area contributed by atoms with E-state index in [2.05, 4.69) is 10.6 Å². The summed E-state index contributed by atoms with van der Waals surface area (Å²) in [6, 6.07) is 4.91. The van der Waals surface area contributed by atoms with Crippen LogP contribution in [0.3, 0.4) is 0 Å². The van der Waals surface area contributed by atoms with Crippen LogP contribution < -0.4 is 20.1 Å². The van der Waals surface area contributed by atoms with Gasteiger partial charge in [-0.3, -0.25) is 14.4 Å². The summed E-state index contributed by atoms with van der Waals surface area (Å²) in [4.78, 5) is 37.0. The first-order valence-corrected chi connectivity index (χ1v) is 15.4. The van der Waals surface area contributed by atoms with E-state index in [1.54, 1.807) is 6.92 Å². The zero-order chi connectivity index (χ0) is 33.2. The zero-order valence-electron chi connectivity index (χ0n) is 24.3. The second-order valence-corrected chi connectivity index (χ2v) is 13.1. The predicted octanol–water partition coefficient (Wildman–Crippen LogP) is 4.31. The van der Waals surface area contributed by atoms with Crippen LogP contribution in [-0.4, -0.2) is 69.3 Å². The van der Waals surface area contributed by atoms with Gasteiger partial charge in [-0.1, -0.05) is 6.07 Å². The highest BCUT2D eigenvalue weighted by Gasteiger charge is 2.47. The Bertz CT molecular complexity index is 1560. The molecular formula is C29H32F4N2O9S. The van der Waals surface area contributed by atoms with E-state index < -0.39 is 67.3 Å². The Morgan fingerprint density at radius 2 is 1.76 bits per heavy atom. The average Bonchev–Trinajstić information content (AvgIpc) is 2.98. The normalized spacial score (nSPS) is 23.9. The van der Waals surface area contributed by atoms with Gasteiger partial charge in [-0.25, -0.2) is 12.8 Å². The summed E-state index contributed by atoms with van der Waals surface area (Å²) in [6.45, 7) is 1.66. The Kier molecular flexibility index (Phi) is 9.97. The molecule has 2 aromatic carbocycles. The van der Waals surface area contributed by atoms with Crippen molar-refractivity contribution in [3.63, 3.8) is 0 Å². The number of ether oxygens (including phenoxy) is 3. The van der Waals surface area contributed by atoms with Crippen molar-refractivity contribution in [2.45, 2.75) is 61.6 Å². The van der Waals surface area contributed by atoms with Crippen LogP contribution in [-0.2, 0) is 24.2 Å². The minimum absolute atomic E-state index is 0.108. The average molecular weight is 661 g/mol. The maximum atomic E-state index is 14.9. The number of nitrogens with one attached hydrogen (secondary N) is 2. The number of carbonyl (C=O) groups is 3. The summed E-state index contributed by atoms with van der Waals surface area (Å²) in [7, 11) is -4.42. The van der Waals surface area contributed by atoms with Gasteiger partial charge in [0, 0.05) is 18.4 Å². The lowest BCUT2D eigenvalue weighted by Crippen LogP contribution is -2.50. The first-order valence-electron chi connectivity index (χ1n) is 13.9. The molecule has 4 rings (SSSR count). The molecule has 2 atom stereocenters. The number of sulfone groups is 1. The van der Waals surface area contributed by atoms with Crippen LogP contribution in [0.2, 0.25) is 0 Å². The molecule has 246 valence electrons. The van der Waals surface area contributed by atoms with Gasteiger partial charge in [-0.05, 0) is 63.3 Å². The Balaban J connectivity index is 1.48. The molecule has 2 aliphatic rings. The minimum Gasteiger partial charge on any atom is -0.496 e. The first kappa shape index (κ1) is 34.0. The Morgan fingerprint density at radius 1 is 1.07 bits per heavy atom. The van der Waals surface area contributed by atoms with E-state index in [4.69, 9.17) is 14.2 Å². The number of hydrogen-bond acceptors (Lipinski definition) is 8. The number of amides is 2. The van der Waals surface area contributed by atoms with Gasteiger partial charge in [-0.15, -0.1) is 0 Å². The fraction of sp³-hybridized carbons (Fsp3) is 0.483. The highest BCUT2D eigenvalue weighted by Crippen LogP contribution is 2.39. The van der Waals surface area contributed by atoms with Crippen LogP contribution >= 0.6 is 0 Å². The standard InChI is InChI=1S/C29H32F4N2O9S/c1-28(27(38)39)9-6-17(7-10-28)44-24-13-20(23(42-2)14-21(24)30)26(37)35-22-15-43-11-8-19(22)25(36)34-16-4-3-5-18(12-16)45(40,41)29(31,32)33/h3-5,12-14,17,19,22H,6-11,15H2,1-2H3,(H,34,36)(H,35,37)(H,38,39)/t17?,19-,22+,28?/m0/s1. The summed E-state index contributed by atoms with van der Waals surface area (Å²) in [5, 5.41) is 14.5. The van der Waals surface area contributed by atoms with Gasteiger partial charge in [0.15, 0.2) is 11.6 Å². The number of hydrogen-bond donors (Lipinski definition) is 3. The molecule has 2 amide bonds. The summed E-state index contributed by atoms with van der Waals surface area (Å²) < 4.78 is 93.9. The molecule has 0 aromatic heterocycles. The van der Waals surface area contributed by atoms with E-state index in [1.807, 2.05) is 0 Å². The molecule has 11 nitrogen and oxygen atoms in total. The van der Waals surface area contributed by atoms with Crippen molar-refractivity contribution in [1.82, 2.24) is 5.32 Å². The lowest BCUT2D eigenvalue weighted by molar-refractivity contribution is -0.150. The van der Waals surface area contributed by atoms with Crippen molar-refractivity contribution >= 4 is 33.3 Å². The maximum Gasteiger partial charge on any atom is 0.501 e. The summed E-state index contributed by atoms with van der Waals surface area (Å²) in [5.74, 6) is -4.48. The Hall–Kier alpha value is -3.92. The predicted molar refractivity (Wildman–Crippen MR) is 150 cm³/mol. The monoisotopic (exact) mass is 660 g/mol. The van der Waals surface area contributed by atoms with Crippen molar-refractivity contribution in [3.8, 4) is 11.5 Å². The number of carboxylic acid groups (broad SMARTS) is 1. The van der Waals surface area contributed by atoms with E-state index in [0.29, 0.717) is 31.7 Å². The number of rotatable bonds is 9. The van der Waals surface area contributed by atoms with Crippen LogP contribution in [0.1, 0.15) is 49.4 Å². The van der Waals surface area contributed by atoms with E-state index in [1.165, 1.54) is 13.2 Å². The molecule has 45 heavy (non-hydrogen) atoms. The van der Waals surface area contributed by atoms with Crippen molar-refractivity contribution in [1.29, 1.82) is 0 Å². The number of alkyl halides is 3. The number of methoxy groups -OCH3 is 1. The third-order valence-corrected chi connectivity index (χ3v) is 9.55. The number of benzene rings is 2. The van der Waals surface area contributed by atoms with Crippen molar-refractivity contribution in [2.75, 3.05) is 25.6 Å². The van der Waals surface area contributed by atoms with Gasteiger partial charge in [-0.2, -0.15) is 13.2 Å². The Labute approximate surface area is 256 Å². The van der Waals surface area contributed by atoms with Gasteiger partial charge in [0.05, 0.1) is 47.7 Å². The molecule has 16 heteroatoms. The smallest absolute Gasteiger partial charge is 0.496 e. The fourth-order valence-corrected chi connectivity index (χ4v) is 6.07. The lowest BCUT2D eigenvalue weighted by Gasteiger charge is -2.34. The van der Waals surface area contributed by atoms with Crippen LogP contribution in [0.4, 0.5) is 23.2 Å². The van der Waals surface area contributed by atoms with Gasteiger partial charge in [0.1, 0.15) is 5.75 Å². The molecule has 2 aromatic rings. The third-order valence-electron chi connectivity index (χ3n) is 8.07. The van der Waals surface area contributed by atoms with Crippen molar-refractivity contribution < 1.29 is 59.7 Å². The van der Waals surface area contributed by atoms with Crippen molar-refractivity contribution in [3.05, 3.63) is 47.8 Å². The molecule has 1 aliphatic heterocycles. The molecular weight excluding hydrogens is 628 g/mol. The quantitative estimate of drug-likeness (QED) is 0.334. The fourth-order valence-electron chi connectivity index (χ4n) is 5.26. The van der Waals surface area contributed by atoms with E-state index >= 15 is 0 Å². The molecule has 0 bridgehead atoms. The number of aliphatic carboxylic acids is 1. The molecule has 1 heterocycles. The number of carboxylic acids is 1. The zero-order valence-corrected chi connectivity index (χ0v) is 25.1. The van der Waals surface area contributed by atoms with Crippen LogP contribution in [0.15, 0.2) is 41.3 Å². The number of carbonyl (C=O) groups excluding carboxylic acids is 2. The summed E-state index contributed by atoms with van der Waals surface area (Å²) in [6.07, 6.45) is 0.995. The molecule has 0 unspecified atom stereocenters. The topological polar surface area (TPSA) is 157 Å². The molecule has 3 N–H and O–H groups in total. The Morgan fingerprint density at radius 3 is 2.38 bits per heavy atom. The largest absolute Gasteiger partial charge is 0.501 e. The molecule has 1 aliphatic carbocycles. The van der Waals surface area contributed by atoms with E-state index in [9.17, 15) is 45.5 Å². The lowest BCUT2D eigenvalue weighted by atomic mass is 9.75. The molecule has 1 saturated carbocycles. The second kappa shape index (κ2) is 13.2. The SMILES string of the molecule is COc1cc(F)c(OC2CCC(C)(C(=O)O)CC2)cc1C(=O)N[C@@H]1COCC[C@@H]1C(=O)Nc1cccc(S(=O)(=O)C(F)(F)F)c1. The minimum atomic E-state index is -5.65. The summed E-state index contributed by atoms with van der Waals surface area (Å²) in [5.41, 5.74) is -6.75. The summed E-state index contributed by atoms with van der Waals surface area (Å²) >= 11 is 0. The molecule has 2 fully saturated rings. The van der Waals surface area contributed by atoms with Gasteiger partial charge >= 0.3 is 11.5 Å². The number of anilines is 1. The number of halogens is 4. The molecule has 0 spiro atoms. The third kappa shape index (κ3) is 7.49. The van der Waals surface area contributed by atoms with Crippen LogP contribution in [0.5, 0.6) is 11.5 Å². The van der Waals surface area contributed by atoms with Gasteiger partial charge < -0.3 is 30.0 Å². The van der Waals surface area contributed by atoms with Crippen LogP contribution in [0.25, 0.3) is 0 Å². The van der Waals surface area contributed by atoms with Crippen molar-refractivity contribution in [2.24, 2.45) is 11.3 Å². The highest BCUT2D eigenvalue weighted by atomic mass is 32.2. The van der Waals surface area contributed by atoms with E-state index in [-0.39, 0.29) is 42.4 Å². The maximum absolute atomic E-state index is 14.9. The van der Waals surface area contributed by atoms with E-state index in [0.717, 1.165) is 24.3 Å². The highest BCUT2D eigenvalue weighted by molar-refractivity contribution is 7.92. The van der Waals surface area contributed by atoms with Gasteiger partial charge in [0.25, 0.3) is 15.7 Å². The second-order valence-electron chi connectivity index (χ2n) is 11.2.